The predicted octanol–water partition coefficient (Wildman–Crippen LogP) is 2.09. The maximum absolute atomic E-state index is 15.2. The quantitative estimate of drug-likeness (QED) is 0.782. The second-order valence-corrected chi connectivity index (χ2v) is 8.88. The minimum Gasteiger partial charge on any atom is -0.314 e. The number of carbonyl (C=O) groups is 2. The molecule has 9 heteroatoms. The largest absolute Gasteiger partial charge is 0.329 e. The molecule has 3 aliphatic rings. The van der Waals surface area contributed by atoms with Gasteiger partial charge in [0.2, 0.25) is 5.91 Å². The van der Waals surface area contributed by atoms with Crippen LogP contribution in [0.25, 0.3) is 10.9 Å². The fourth-order valence-electron chi connectivity index (χ4n) is 5.35. The Bertz CT molecular complexity index is 1010. The van der Waals surface area contributed by atoms with Crippen molar-refractivity contribution in [3.05, 3.63) is 23.5 Å². The van der Waals surface area contributed by atoms with E-state index in [2.05, 4.69) is 20.6 Å². The second-order valence-electron chi connectivity index (χ2n) is 8.88. The molecule has 0 unspecified atom stereocenters. The van der Waals surface area contributed by atoms with Gasteiger partial charge in [-0.3, -0.25) is 24.6 Å². The maximum Gasteiger partial charge on any atom is 0.329 e. The molecule has 0 radical (unpaired) electrons. The number of aryl methyl sites for hydroxylation is 1. The Hall–Kier alpha value is -2.52. The SMILES string of the molecule is Cn1nc(N2CCC(=O)NC2=O)c2cc(F)c(C3CCC(N4CCNCC4)CC3)cc21. The van der Waals surface area contributed by atoms with Crippen LogP contribution in [0, 0.1) is 5.82 Å². The van der Waals surface area contributed by atoms with E-state index in [1.54, 1.807) is 4.68 Å². The molecule has 2 aliphatic heterocycles. The van der Waals surface area contributed by atoms with Crippen LogP contribution in [0.3, 0.4) is 0 Å². The fourth-order valence-corrected chi connectivity index (χ4v) is 5.35. The Morgan fingerprint density at radius 1 is 1.06 bits per heavy atom. The van der Waals surface area contributed by atoms with E-state index in [0.29, 0.717) is 17.2 Å². The molecule has 2 saturated heterocycles. The van der Waals surface area contributed by atoms with E-state index in [1.165, 1.54) is 11.0 Å². The molecule has 3 amide bonds. The van der Waals surface area contributed by atoms with Gasteiger partial charge in [0.25, 0.3) is 0 Å². The van der Waals surface area contributed by atoms with Gasteiger partial charge in [-0.05, 0) is 49.3 Å². The Morgan fingerprint density at radius 3 is 2.52 bits per heavy atom. The summed E-state index contributed by atoms with van der Waals surface area (Å²) in [5.74, 6) is 0.0698. The zero-order valence-electron chi connectivity index (χ0n) is 17.9. The Morgan fingerprint density at radius 2 is 1.81 bits per heavy atom. The number of fused-ring (bicyclic) bond motifs is 1. The minimum atomic E-state index is -0.507. The third kappa shape index (κ3) is 3.80. The number of anilines is 1. The lowest BCUT2D eigenvalue weighted by Crippen LogP contribution is -2.49. The lowest BCUT2D eigenvalue weighted by molar-refractivity contribution is -0.120. The molecule has 3 heterocycles. The molecule has 31 heavy (non-hydrogen) atoms. The third-order valence-electron chi connectivity index (χ3n) is 7.06. The number of hydrogen-bond acceptors (Lipinski definition) is 5. The van der Waals surface area contributed by atoms with E-state index >= 15 is 4.39 Å². The van der Waals surface area contributed by atoms with Crippen LogP contribution in [0.15, 0.2) is 12.1 Å². The molecule has 1 aliphatic carbocycles. The molecule has 2 N–H and O–H groups in total. The molecule has 0 atom stereocenters. The van der Waals surface area contributed by atoms with Gasteiger partial charge in [-0.2, -0.15) is 5.10 Å². The van der Waals surface area contributed by atoms with Crippen LogP contribution in [-0.2, 0) is 11.8 Å². The summed E-state index contributed by atoms with van der Waals surface area (Å²) in [7, 11) is 1.81. The van der Waals surface area contributed by atoms with Crippen molar-refractivity contribution in [2.24, 2.45) is 7.05 Å². The van der Waals surface area contributed by atoms with Gasteiger partial charge in [-0.1, -0.05) is 0 Å². The van der Waals surface area contributed by atoms with E-state index in [1.807, 2.05) is 13.1 Å². The van der Waals surface area contributed by atoms with E-state index in [0.717, 1.165) is 62.9 Å². The summed E-state index contributed by atoms with van der Waals surface area (Å²) in [4.78, 5) is 27.7. The van der Waals surface area contributed by atoms with Crippen molar-refractivity contribution in [1.82, 2.24) is 25.3 Å². The number of rotatable bonds is 3. The second kappa shape index (κ2) is 8.20. The van der Waals surface area contributed by atoms with Crippen LogP contribution in [0.5, 0.6) is 0 Å². The zero-order chi connectivity index (χ0) is 21.5. The number of benzene rings is 1. The normalized spacial score (nSPS) is 25.8. The van der Waals surface area contributed by atoms with Crippen molar-refractivity contribution >= 4 is 28.7 Å². The number of imide groups is 1. The predicted molar refractivity (Wildman–Crippen MR) is 116 cm³/mol. The number of urea groups is 1. The van der Waals surface area contributed by atoms with Gasteiger partial charge in [0, 0.05) is 57.6 Å². The van der Waals surface area contributed by atoms with Crippen LogP contribution in [0.1, 0.15) is 43.6 Å². The highest BCUT2D eigenvalue weighted by Gasteiger charge is 2.31. The van der Waals surface area contributed by atoms with Gasteiger partial charge in [0.15, 0.2) is 5.82 Å². The molecule has 0 spiro atoms. The first kappa shape index (κ1) is 20.4. The summed E-state index contributed by atoms with van der Waals surface area (Å²) >= 11 is 0. The molecule has 2 aromatic rings. The van der Waals surface area contributed by atoms with Crippen molar-refractivity contribution < 1.29 is 14.0 Å². The number of halogens is 1. The van der Waals surface area contributed by atoms with Crippen molar-refractivity contribution in [3.63, 3.8) is 0 Å². The summed E-state index contributed by atoms with van der Waals surface area (Å²) in [6.45, 7) is 4.55. The highest BCUT2D eigenvalue weighted by atomic mass is 19.1. The molecule has 0 bridgehead atoms. The fraction of sp³-hybridized carbons (Fsp3) is 0.591. The molecule has 1 aromatic heterocycles. The van der Waals surface area contributed by atoms with Crippen molar-refractivity contribution in [1.29, 1.82) is 0 Å². The van der Waals surface area contributed by atoms with Crippen LogP contribution < -0.4 is 15.5 Å². The van der Waals surface area contributed by atoms with Crippen molar-refractivity contribution in [2.75, 3.05) is 37.6 Å². The summed E-state index contributed by atoms with van der Waals surface area (Å²) < 4.78 is 16.9. The number of amides is 3. The number of nitrogens with zero attached hydrogens (tertiary/aromatic N) is 4. The number of piperazine rings is 1. The minimum absolute atomic E-state index is 0.206. The molecule has 1 aromatic carbocycles. The van der Waals surface area contributed by atoms with Gasteiger partial charge in [-0.15, -0.1) is 0 Å². The number of aromatic nitrogens is 2. The van der Waals surface area contributed by atoms with Crippen LogP contribution >= 0.6 is 0 Å². The topological polar surface area (TPSA) is 82.5 Å². The van der Waals surface area contributed by atoms with Gasteiger partial charge in [0.1, 0.15) is 5.82 Å². The van der Waals surface area contributed by atoms with Crippen LogP contribution in [0.4, 0.5) is 15.0 Å². The number of hydrogen-bond donors (Lipinski definition) is 2. The average molecular weight is 429 g/mol. The first-order valence-corrected chi connectivity index (χ1v) is 11.2. The Kier molecular flexibility index (Phi) is 5.39. The van der Waals surface area contributed by atoms with Crippen LogP contribution in [-0.4, -0.2) is 65.4 Å². The summed E-state index contributed by atoms with van der Waals surface area (Å²) in [6, 6.07) is 3.52. The van der Waals surface area contributed by atoms with E-state index in [4.69, 9.17) is 0 Å². The first-order chi connectivity index (χ1) is 15.0. The monoisotopic (exact) mass is 428 g/mol. The van der Waals surface area contributed by atoms with Gasteiger partial charge in [-0.25, -0.2) is 9.18 Å². The van der Waals surface area contributed by atoms with Crippen LogP contribution in [0.2, 0.25) is 0 Å². The summed E-state index contributed by atoms with van der Waals surface area (Å²) in [6.07, 6.45) is 4.37. The third-order valence-corrected chi connectivity index (χ3v) is 7.06. The highest BCUT2D eigenvalue weighted by molar-refractivity contribution is 6.08. The molecule has 166 valence electrons. The summed E-state index contributed by atoms with van der Waals surface area (Å²) in [5, 5.41) is 10.8. The molecular weight excluding hydrogens is 399 g/mol. The van der Waals surface area contributed by atoms with Crippen molar-refractivity contribution in [3.8, 4) is 0 Å². The zero-order valence-corrected chi connectivity index (χ0v) is 17.9. The maximum atomic E-state index is 15.2. The molecule has 1 saturated carbocycles. The number of nitrogens with one attached hydrogen (secondary N) is 2. The lowest BCUT2D eigenvalue weighted by Gasteiger charge is -2.39. The molecule has 8 nitrogen and oxygen atoms in total. The lowest BCUT2D eigenvalue weighted by atomic mass is 9.80. The first-order valence-electron chi connectivity index (χ1n) is 11.2. The Labute approximate surface area is 180 Å². The van der Waals surface area contributed by atoms with E-state index in [-0.39, 0.29) is 30.6 Å². The molecule has 5 rings (SSSR count). The molecule has 3 fully saturated rings. The van der Waals surface area contributed by atoms with Gasteiger partial charge < -0.3 is 5.32 Å². The van der Waals surface area contributed by atoms with E-state index < -0.39 is 6.03 Å². The summed E-state index contributed by atoms with van der Waals surface area (Å²) in [5.41, 5.74) is 1.56. The van der Waals surface area contributed by atoms with Crippen molar-refractivity contribution in [2.45, 2.75) is 44.1 Å². The van der Waals surface area contributed by atoms with Gasteiger partial charge >= 0.3 is 6.03 Å². The molecular formula is C22H29FN6O2. The van der Waals surface area contributed by atoms with E-state index in [9.17, 15) is 9.59 Å². The standard InChI is InChI=1S/C22H29FN6O2/c1-27-19-13-16(14-2-4-15(5-3-14)28-10-7-24-8-11-28)18(23)12-17(19)21(26-27)29-9-6-20(30)25-22(29)31/h12-15,24H,2-11H2,1H3,(H,25,30,31). The average Bonchev–Trinajstić information content (AvgIpc) is 3.09. The number of carbonyl (C=O) groups excluding carboxylic acids is 2. The highest BCUT2D eigenvalue weighted by Crippen LogP contribution is 2.38. The smallest absolute Gasteiger partial charge is 0.314 e. The Balaban J connectivity index is 1.37. The van der Waals surface area contributed by atoms with Gasteiger partial charge in [0.05, 0.1) is 5.52 Å².